The molecule has 0 bridgehead atoms. The van der Waals surface area contributed by atoms with Gasteiger partial charge < -0.3 is 14.5 Å². The first-order valence-corrected chi connectivity index (χ1v) is 8.36. The van der Waals surface area contributed by atoms with Gasteiger partial charge in [0.25, 0.3) is 5.91 Å². The second-order valence-electron chi connectivity index (χ2n) is 5.58. The highest BCUT2D eigenvalue weighted by atomic mass is 35.5. The number of nitrogens with zero attached hydrogens (tertiary/aromatic N) is 2. The first kappa shape index (κ1) is 17.4. The van der Waals surface area contributed by atoms with E-state index in [9.17, 15) is 4.79 Å². The summed E-state index contributed by atoms with van der Waals surface area (Å²) in [4.78, 5) is 16.2. The second-order valence-corrected chi connectivity index (χ2v) is 6.42. The molecule has 122 valence electrons. The molecule has 1 saturated heterocycles. The lowest BCUT2D eigenvalue weighted by atomic mass is 10.1. The quantitative estimate of drug-likeness (QED) is 0.793. The zero-order valence-corrected chi connectivity index (χ0v) is 14.4. The number of ether oxygens (including phenoxy) is 1. The molecule has 0 unspecified atom stereocenters. The van der Waals surface area contributed by atoms with Crippen LogP contribution in [0.15, 0.2) is 18.2 Å². The van der Waals surface area contributed by atoms with E-state index in [0.717, 1.165) is 26.2 Å². The van der Waals surface area contributed by atoms with E-state index in [1.54, 1.807) is 30.1 Å². The Kier molecular flexibility index (Phi) is 6.80. The minimum absolute atomic E-state index is 0.0160. The van der Waals surface area contributed by atoms with Crippen LogP contribution in [0.3, 0.4) is 0 Å². The van der Waals surface area contributed by atoms with Gasteiger partial charge >= 0.3 is 0 Å². The number of benzene rings is 1. The molecule has 6 heteroatoms. The molecular weight excluding hydrogens is 323 g/mol. The van der Waals surface area contributed by atoms with E-state index < -0.39 is 0 Å². The van der Waals surface area contributed by atoms with E-state index in [1.807, 2.05) is 0 Å². The van der Waals surface area contributed by atoms with Crippen LogP contribution >= 0.6 is 23.2 Å². The van der Waals surface area contributed by atoms with Gasteiger partial charge in [0.15, 0.2) is 6.61 Å². The standard InChI is InChI=1S/C16H22Cl2N2O2/c1-19(9-10-20-7-3-2-4-8-20)16(21)12-22-15-6-5-13(17)11-14(15)18/h5-6,11H,2-4,7-10,12H2,1H3. The van der Waals surface area contributed by atoms with E-state index in [1.165, 1.54) is 19.3 Å². The maximum atomic E-state index is 12.1. The van der Waals surface area contributed by atoms with E-state index in [4.69, 9.17) is 27.9 Å². The highest BCUT2D eigenvalue weighted by molar-refractivity contribution is 6.35. The maximum Gasteiger partial charge on any atom is 0.260 e. The molecule has 1 aromatic rings. The van der Waals surface area contributed by atoms with Crippen molar-refractivity contribution in [2.75, 3.05) is 39.8 Å². The fourth-order valence-electron chi connectivity index (χ4n) is 2.44. The number of rotatable bonds is 6. The first-order valence-electron chi connectivity index (χ1n) is 7.60. The van der Waals surface area contributed by atoms with Gasteiger partial charge in [0.1, 0.15) is 5.75 Å². The molecule has 0 N–H and O–H groups in total. The number of likely N-dealkylation sites (N-methyl/N-ethyl adjacent to an activating group) is 1. The molecule has 1 aliphatic heterocycles. The number of likely N-dealkylation sites (tertiary alicyclic amines) is 1. The van der Waals surface area contributed by atoms with Crippen LogP contribution in [0.4, 0.5) is 0 Å². The van der Waals surface area contributed by atoms with Gasteiger partial charge in [-0.25, -0.2) is 0 Å². The first-order chi connectivity index (χ1) is 10.6. The van der Waals surface area contributed by atoms with Gasteiger partial charge in [-0.3, -0.25) is 4.79 Å². The third-order valence-corrected chi connectivity index (χ3v) is 4.40. The van der Waals surface area contributed by atoms with Crippen molar-refractivity contribution in [1.29, 1.82) is 0 Å². The molecule has 1 aliphatic rings. The summed E-state index contributed by atoms with van der Waals surface area (Å²) in [6.45, 7) is 3.90. The average Bonchev–Trinajstić information content (AvgIpc) is 2.52. The summed E-state index contributed by atoms with van der Waals surface area (Å²) in [7, 11) is 1.80. The van der Waals surface area contributed by atoms with Crippen LogP contribution in [0, 0.1) is 0 Å². The lowest BCUT2D eigenvalue weighted by molar-refractivity contribution is -0.132. The third-order valence-electron chi connectivity index (χ3n) is 3.87. The molecule has 1 heterocycles. The van der Waals surface area contributed by atoms with Gasteiger partial charge in [-0.15, -0.1) is 0 Å². The number of hydrogen-bond acceptors (Lipinski definition) is 3. The number of carbonyl (C=O) groups excluding carboxylic acids is 1. The van der Waals surface area contributed by atoms with E-state index >= 15 is 0 Å². The second kappa shape index (κ2) is 8.61. The Morgan fingerprint density at radius 2 is 2.00 bits per heavy atom. The Morgan fingerprint density at radius 3 is 2.68 bits per heavy atom. The topological polar surface area (TPSA) is 32.8 Å². The van der Waals surface area contributed by atoms with Crippen molar-refractivity contribution in [3.8, 4) is 5.75 Å². The van der Waals surface area contributed by atoms with E-state index in [-0.39, 0.29) is 12.5 Å². The van der Waals surface area contributed by atoms with Crippen LogP contribution in [-0.4, -0.2) is 55.5 Å². The van der Waals surface area contributed by atoms with E-state index in [2.05, 4.69) is 4.90 Å². The Balaban J connectivity index is 1.73. The SMILES string of the molecule is CN(CCN1CCCCC1)C(=O)COc1ccc(Cl)cc1Cl. The highest BCUT2D eigenvalue weighted by Crippen LogP contribution is 2.27. The molecule has 22 heavy (non-hydrogen) atoms. The zero-order chi connectivity index (χ0) is 15.9. The van der Waals surface area contributed by atoms with Crippen molar-refractivity contribution >= 4 is 29.1 Å². The molecule has 0 aromatic heterocycles. The summed E-state index contributed by atoms with van der Waals surface area (Å²) >= 11 is 11.8. The average molecular weight is 345 g/mol. The van der Waals surface area contributed by atoms with Gasteiger partial charge in [-0.1, -0.05) is 29.6 Å². The molecule has 0 saturated carbocycles. The fourth-order valence-corrected chi connectivity index (χ4v) is 2.90. The molecule has 4 nitrogen and oxygen atoms in total. The highest BCUT2D eigenvalue weighted by Gasteiger charge is 2.14. The van der Waals surface area contributed by atoms with Crippen LogP contribution in [0.2, 0.25) is 10.0 Å². The Morgan fingerprint density at radius 1 is 1.27 bits per heavy atom. The molecule has 2 rings (SSSR count). The lowest BCUT2D eigenvalue weighted by Crippen LogP contribution is -2.40. The van der Waals surface area contributed by atoms with Crippen LogP contribution in [-0.2, 0) is 4.79 Å². The van der Waals surface area contributed by atoms with Crippen LogP contribution < -0.4 is 4.74 Å². The monoisotopic (exact) mass is 344 g/mol. The largest absolute Gasteiger partial charge is 0.482 e. The number of amides is 1. The Hall–Kier alpha value is -0.970. The molecule has 1 amide bonds. The minimum Gasteiger partial charge on any atom is -0.482 e. The van der Waals surface area contributed by atoms with Crippen molar-refractivity contribution in [2.24, 2.45) is 0 Å². The molecule has 0 aliphatic carbocycles. The molecule has 1 fully saturated rings. The van der Waals surface area contributed by atoms with Crippen molar-refractivity contribution in [3.05, 3.63) is 28.2 Å². The van der Waals surface area contributed by atoms with Crippen LogP contribution in [0.25, 0.3) is 0 Å². The number of carbonyl (C=O) groups is 1. The van der Waals surface area contributed by atoms with Gasteiger partial charge in [-0.2, -0.15) is 0 Å². The van der Waals surface area contributed by atoms with Crippen LogP contribution in [0.1, 0.15) is 19.3 Å². The Labute approximate surface area is 141 Å². The summed E-state index contributed by atoms with van der Waals surface area (Å²) in [6, 6.07) is 4.96. The Bertz CT molecular complexity index is 505. The molecule has 0 spiro atoms. The maximum absolute atomic E-state index is 12.1. The predicted molar refractivity (Wildman–Crippen MR) is 89.9 cm³/mol. The predicted octanol–water partition coefficient (Wildman–Crippen LogP) is 3.32. The zero-order valence-electron chi connectivity index (χ0n) is 12.9. The number of piperidine rings is 1. The molecule has 0 atom stereocenters. The van der Waals surface area contributed by atoms with E-state index in [0.29, 0.717) is 15.8 Å². The van der Waals surface area contributed by atoms with Crippen molar-refractivity contribution in [2.45, 2.75) is 19.3 Å². The molecular formula is C16H22Cl2N2O2. The smallest absolute Gasteiger partial charge is 0.260 e. The summed E-state index contributed by atoms with van der Waals surface area (Å²) < 4.78 is 5.47. The van der Waals surface area contributed by atoms with Crippen molar-refractivity contribution < 1.29 is 9.53 Å². The summed E-state index contributed by atoms with van der Waals surface area (Å²) in [5, 5.41) is 0.957. The summed E-state index contributed by atoms with van der Waals surface area (Å²) in [5.41, 5.74) is 0. The normalized spacial score (nSPS) is 15.6. The van der Waals surface area contributed by atoms with Crippen molar-refractivity contribution in [1.82, 2.24) is 9.80 Å². The van der Waals surface area contributed by atoms with Crippen LogP contribution in [0.5, 0.6) is 5.75 Å². The van der Waals surface area contributed by atoms with Gasteiger partial charge in [-0.05, 0) is 44.1 Å². The fraction of sp³-hybridized carbons (Fsp3) is 0.562. The molecule has 0 radical (unpaired) electrons. The van der Waals surface area contributed by atoms with Gasteiger partial charge in [0.2, 0.25) is 0 Å². The van der Waals surface area contributed by atoms with Crippen molar-refractivity contribution in [3.63, 3.8) is 0 Å². The number of halogens is 2. The minimum atomic E-state index is -0.0528. The third kappa shape index (κ3) is 5.34. The lowest BCUT2D eigenvalue weighted by Gasteiger charge is -2.28. The summed E-state index contributed by atoms with van der Waals surface area (Å²) in [5.74, 6) is 0.423. The van der Waals surface area contributed by atoms with Gasteiger partial charge in [0, 0.05) is 25.2 Å². The summed E-state index contributed by atoms with van der Waals surface area (Å²) in [6.07, 6.45) is 3.84. The molecule has 1 aromatic carbocycles. The number of hydrogen-bond donors (Lipinski definition) is 0. The van der Waals surface area contributed by atoms with Gasteiger partial charge in [0.05, 0.1) is 5.02 Å².